The lowest BCUT2D eigenvalue weighted by molar-refractivity contribution is -0.0136. The minimum atomic E-state index is -0.858. The number of fused-ring (bicyclic) bond motifs is 1. The molecular weight excluding hydrogens is 482 g/mol. The molecule has 9 nitrogen and oxygen atoms in total. The maximum absolute atomic E-state index is 13.0. The lowest BCUT2D eigenvalue weighted by Gasteiger charge is -2.28. The molecule has 1 aliphatic rings. The number of ether oxygens (including phenoxy) is 1. The molecule has 4 rings (SSSR count). The molecule has 0 bridgehead atoms. The first-order chi connectivity index (χ1) is 17.0. The van der Waals surface area contributed by atoms with Crippen LogP contribution in [0.25, 0.3) is 22.2 Å². The van der Waals surface area contributed by atoms with Crippen molar-refractivity contribution >= 4 is 28.5 Å². The molecule has 2 atom stereocenters. The maximum Gasteiger partial charge on any atom is 0.223 e. The van der Waals surface area contributed by atoms with Crippen LogP contribution in [0.5, 0.6) is 0 Å². The van der Waals surface area contributed by atoms with Gasteiger partial charge in [0.15, 0.2) is 5.43 Å². The van der Waals surface area contributed by atoms with Gasteiger partial charge < -0.3 is 30.2 Å². The Bertz CT molecular complexity index is 1290. The highest BCUT2D eigenvalue weighted by Crippen LogP contribution is 2.30. The third-order valence-electron chi connectivity index (χ3n) is 6.17. The number of nitrogens with zero attached hydrogens (tertiary/aromatic N) is 3. The fraction of sp³-hybridized carbons (Fsp3) is 0.500. The van der Waals surface area contributed by atoms with Crippen LogP contribution in [0, 0.1) is 0 Å². The van der Waals surface area contributed by atoms with Crippen molar-refractivity contribution in [1.82, 2.24) is 19.9 Å². The van der Waals surface area contributed by atoms with Crippen molar-refractivity contribution in [2.45, 2.75) is 64.4 Å². The van der Waals surface area contributed by atoms with Crippen LogP contribution in [-0.2, 0) is 11.3 Å². The van der Waals surface area contributed by atoms with Gasteiger partial charge in [0, 0.05) is 48.4 Å². The SMILES string of the molecule is CC(C)n1c(CNCC(C)(C)O)cc(=O)c2ccc(-c3nc(N[C@@H]4CCOC[C@H]4O)ncc3Cl)cc21. The molecule has 0 aliphatic carbocycles. The molecule has 194 valence electrons. The van der Waals surface area contributed by atoms with Crippen molar-refractivity contribution < 1.29 is 14.9 Å². The highest BCUT2D eigenvalue weighted by Gasteiger charge is 2.25. The van der Waals surface area contributed by atoms with Crippen molar-refractivity contribution in [3.63, 3.8) is 0 Å². The van der Waals surface area contributed by atoms with E-state index in [1.807, 2.05) is 12.1 Å². The number of anilines is 1. The van der Waals surface area contributed by atoms with Crippen molar-refractivity contribution in [2.24, 2.45) is 0 Å². The van der Waals surface area contributed by atoms with Crippen molar-refractivity contribution in [3.8, 4) is 11.3 Å². The van der Waals surface area contributed by atoms with E-state index in [9.17, 15) is 15.0 Å². The monoisotopic (exact) mass is 515 g/mol. The Hall–Kier alpha value is -2.56. The first kappa shape index (κ1) is 26.5. The van der Waals surface area contributed by atoms with E-state index in [-0.39, 0.29) is 24.1 Å². The number of aromatic nitrogens is 3. The van der Waals surface area contributed by atoms with Gasteiger partial charge in [-0.2, -0.15) is 0 Å². The summed E-state index contributed by atoms with van der Waals surface area (Å²) in [4.78, 5) is 21.9. The Morgan fingerprint density at radius 3 is 2.78 bits per heavy atom. The number of hydrogen-bond donors (Lipinski definition) is 4. The number of rotatable bonds is 8. The van der Waals surface area contributed by atoms with Gasteiger partial charge in [-0.3, -0.25) is 4.79 Å². The summed E-state index contributed by atoms with van der Waals surface area (Å²) in [6, 6.07) is 7.08. The summed E-state index contributed by atoms with van der Waals surface area (Å²) < 4.78 is 7.41. The first-order valence-electron chi connectivity index (χ1n) is 12.2. The van der Waals surface area contributed by atoms with E-state index in [4.69, 9.17) is 16.3 Å². The van der Waals surface area contributed by atoms with E-state index in [0.717, 1.165) is 16.8 Å². The number of hydrogen-bond acceptors (Lipinski definition) is 8. The van der Waals surface area contributed by atoms with Gasteiger partial charge >= 0.3 is 0 Å². The molecule has 4 N–H and O–H groups in total. The van der Waals surface area contributed by atoms with Gasteiger partial charge in [0.05, 0.1) is 46.8 Å². The Labute approximate surface area is 215 Å². The Morgan fingerprint density at radius 1 is 1.31 bits per heavy atom. The van der Waals surface area contributed by atoms with Gasteiger partial charge in [-0.1, -0.05) is 17.7 Å². The van der Waals surface area contributed by atoms with Crippen LogP contribution < -0.4 is 16.1 Å². The van der Waals surface area contributed by atoms with Gasteiger partial charge in [-0.05, 0) is 46.2 Å². The summed E-state index contributed by atoms with van der Waals surface area (Å²) in [5.41, 5.74) is 1.96. The molecule has 0 spiro atoms. The number of aliphatic hydroxyl groups is 2. The van der Waals surface area contributed by atoms with Crippen molar-refractivity contribution in [1.29, 1.82) is 0 Å². The number of benzene rings is 1. The fourth-order valence-electron chi connectivity index (χ4n) is 4.48. The Kier molecular flexibility index (Phi) is 7.96. The van der Waals surface area contributed by atoms with Gasteiger partial charge in [0.1, 0.15) is 0 Å². The fourth-order valence-corrected chi connectivity index (χ4v) is 4.68. The summed E-state index contributed by atoms with van der Waals surface area (Å²) in [7, 11) is 0. The third kappa shape index (κ3) is 6.04. The molecule has 0 radical (unpaired) electrons. The molecule has 1 fully saturated rings. The number of aliphatic hydroxyl groups excluding tert-OH is 1. The molecule has 1 saturated heterocycles. The Balaban J connectivity index is 1.73. The second-order valence-electron chi connectivity index (χ2n) is 10.2. The van der Waals surface area contributed by atoms with Crippen LogP contribution in [0.15, 0.2) is 35.3 Å². The largest absolute Gasteiger partial charge is 0.389 e. The van der Waals surface area contributed by atoms with Gasteiger partial charge in [0.25, 0.3) is 0 Å². The quantitative estimate of drug-likeness (QED) is 0.361. The number of pyridine rings is 1. The lowest BCUT2D eigenvalue weighted by atomic mass is 10.1. The van der Waals surface area contributed by atoms with Crippen LogP contribution in [0.1, 0.15) is 45.9 Å². The summed E-state index contributed by atoms with van der Waals surface area (Å²) in [6.07, 6.45) is 1.53. The summed E-state index contributed by atoms with van der Waals surface area (Å²) in [6.45, 7) is 9.25. The van der Waals surface area contributed by atoms with Gasteiger partial charge in [-0.15, -0.1) is 0 Å². The zero-order valence-corrected chi connectivity index (χ0v) is 21.8. The predicted octanol–water partition coefficient (Wildman–Crippen LogP) is 3.12. The lowest BCUT2D eigenvalue weighted by Crippen LogP contribution is -2.42. The van der Waals surface area contributed by atoms with E-state index in [1.165, 1.54) is 6.20 Å². The average molecular weight is 516 g/mol. The molecule has 3 aromatic rings. The topological polar surface area (TPSA) is 122 Å². The maximum atomic E-state index is 13.0. The van der Waals surface area contributed by atoms with Crippen LogP contribution in [0.4, 0.5) is 5.95 Å². The van der Waals surface area contributed by atoms with Crippen molar-refractivity contribution in [3.05, 3.63) is 51.4 Å². The molecule has 2 aromatic heterocycles. The molecule has 36 heavy (non-hydrogen) atoms. The molecule has 1 aromatic carbocycles. The summed E-state index contributed by atoms with van der Waals surface area (Å²) in [5, 5.41) is 27.7. The molecule has 0 saturated carbocycles. The van der Waals surface area contributed by atoms with Crippen LogP contribution >= 0.6 is 11.6 Å². The zero-order chi connectivity index (χ0) is 26.0. The van der Waals surface area contributed by atoms with Gasteiger partial charge in [-0.25, -0.2) is 9.97 Å². The molecule has 10 heteroatoms. The molecule has 3 heterocycles. The van der Waals surface area contributed by atoms with Gasteiger partial charge in [0.2, 0.25) is 5.95 Å². The van der Waals surface area contributed by atoms with E-state index in [0.29, 0.717) is 48.2 Å². The minimum absolute atomic E-state index is 0.0712. The molecule has 0 unspecified atom stereocenters. The minimum Gasteiger partial charge on any atom is -0.389 e. The highest BCUT2D eigenvalue weighted by molar-refractivity contribution is 6.33. The Morgan fingerprint density at radius 2 is 2.08 bits per heavy atom. The van der Waals surface area contributed by atoms with E-state index < -0.39 is 11.7 Å². The van der Waals surface area contributed by atoms with E-state index >= 15 is 0 Å². The third-order valence-corrected chi connectivity index (χ3v) is 6.44. The van der Waals surface area contributed by atoms with Crippen molar-refractivity contribution in [2.75, 3.05) is 25.1 Å². The first-order valence-corrected chi connectivity index (χ1v) is 12.6. The number of halogens is 1. The number of nitrogens with one attached hydrogen (secondary N) is 2. The summed E-state index contributed by atoms with van der Waals surface area (Å²) >= 11 is 6.51. The molecule has 0 amide bonds. The molecule has 1 aliphatic heterocycles. The molecular formula is C26H34ClN5O4. The van der Waals surface area contributed by atoms with E-state index in [1.54, 1.807) is 26.0 Å². The summed E-state index contributed by atoms with van der Waals surface area (Å²) in [5.74, 6) is 0.367. The van der Waals surface area contributed by atoms with E-state index in [2.05, 4.69) is 39.0 Å². The average Bonchev–Trinajstić information content (AvgIpc) is 2.80. The second-order valence-corrected chi connectivity index (χ2v) is 10.6. The standard InChI is InChI=1S/C26H34ClN5O4/c1-15(2)32-17(11-28-14-26(3,4)35)10-22(33)18-6-5-16(9-21(18)32)24-19(27)12-29-25(31-24)30-20-7-8-36-13-23(20)34/h5-6,9-10,12,15,20,23,28,34-35H,7-8,11,13-14H2,1-4H3,(H,29,30,31)/t20-,23-/m1/s1. The predicted molar refractivity (Wildman–Crippen MR) is 141 cm³/mol. The normalized spacial score (nSPS) is 18.7. The van der Waals surface area contributed by atoms with Crippen LogP contribution in [-0.4, -0.2) is 62.3 Å². The highest BCUT2D eigenvalue weighted by atomic mass is 35.5. The van der Waals surface area contributed by atoms with Crippen LogP contribution in [0.2, 0.25) is 5.02 Å². The zero-order valence-electron chi connectivity index (χ0n) is 21.1. The smallest absolute Gasteiger partial charge is 0.223 e. The second kappa shape index (κ2) is 10.8. The van der Waals surface area contributed by atoms with Crippen LogP contribution in [0.3, 0.4) is 0 Å².